The normalized spacial score (nSPS) is 11.3. The molecule has 1 rings (SSSR count). The first-order valence-corrected chi connectivity index (χ1v) is 6.33. The number of esters is 1. The van der Waals surface area contributed by atoms with Crippen LogP contribution in [0, 0.1) is 12.3 Å². The number of benzene rings is 1. The van der Waals surface area contributed by atoms with Crippen LogP contribution in [0.4, 0.5) is 5.69 Å². The van der Waals surface area contributed by atoms with E-state index in [1.165, 1.54) is 0 Å². The second-order valence-electron chi connectivity index (χ2n) is 5.87. The van der Waals surface area contributed by atoms with E-state index in [2.05, 4.69) is 20.8 Å². The quantitative estimate of drug-likeness (QED) is 0.504. The third-order valence-electron chi connectivity index (χ3n) is 2.79. The molecule has 0 saturated heterocycles. The third kappa shape index (κ3) is 4.78. The summed E-state index contributed by atoms with van der Waals surface area (Å²) in [4.78, 5) is 11.9. The number of carbonyl (C=O) groups is 1. The van der Waals surface area contributed by atoms with Gasteiger partial charge in [-0.05, 0) is 42.9 Å². The Hall–Kier alpha value is -1.51. The Bertz CT molecular complexity index is 419. The average Bonchev–Trinajstić information content (AvgIpc) is 2.26. The highest BCUT2D eigenvalue weighted by Gasteiger charge is 2.13. The van der Waals surface area contributed by atoms with E-state index in [0.29, 0.717) is 17.9 Å². The van der Waals surface area contributed by atoms with E-state index in [9.17, 15) is 4.79 Å². The molecule has 0 bridgehead atoms. The maximum Gasteiger partial charge on any atom is 0.338 e. The molecule has 18 heavy (non-hydrogen) atoms. The molecule has 1 aromatic rings. The van der Waals surface area contributed by atoms with Crippen LogP contribution in [-0.4, -0.2) is 12.6 Å². The molecule has 0 atom stereocenters. The smallest absolute Gasteiger partial charge is 0.338 e. The van der Waals surface area contributed by atoms with E-state index in [0.717, 1.165) is 18.4 Å². The summed E-state index contributed by atoms with van der Waals surface area (Å²) in [5, 5.41) is 0. The minimum Gasteiger partial charge on any atom is -0.462 e. The number of hydrogen-bond acceptors (Lipinski definition) is 3. The van der Waals surface area contributed by atoms with E-state index in [-0.39, 0.29) is 11.4 Å². The average molecular weight is 249 g/mol. The molecule has 3 nitrogen and oxygen atoms in total. The molecular formula is C15H23NO2. The van der Waals surface area contributed by atoms with Crippen molar-refractivity contribution in [3.63, 3.8) is 0 Å². The van der Waals surface area contributed by atoms with Crippen LogP contribution >= 0.6 is 0 Å². The van der Waals surface area contributed by atoms with E-state index in [4.69, 9.17) is 10.5 Å². The summed E-state index contributed by atoms with van der Waals surface area (Å²) < 4.78 is 5.26. The highest BCUT2D eigenvalue weighted by molar-refractivity contribution is 5.92. The van der Waals surface area contributed by atoms with Gasteiger partial charge in [-0.2, -0.15) is 0 Å². The van der Waals surface area contributed by atoms with Gasteiger partial charge in [0, 0.05) is 5.69 Å². The zero-order chi connectivity index (χ0) is 13.8. The zero-order valence-corrected chi connectivity index (χ0v) is 11.7. The standard InChI is InChI=1S/C15H23NO2/c1-11-6-7-12(16)10-13(11)14(17)18-9-5-8-15(2,3)4/h6-7,10H,5,8-9,16H2,1-4H3. The summed E-state index contributed by atoms with van der Waals surface area (Å²) >= 11 is 0. The molecule has 0 aromatic heterocycles. The Morgan fingerprint density at radius 2 is 2.00 bits per heavy atom. The minimum absolute atomic E-state index is 0.277. The van der Waals surface area contributed by atoms with Crippen LogP contribution in [0.25, 0.3) is 0 Å². The maximum absolute atomic E-state index is 11.9. The van der Waals surface area contributed by atoms with Crippen LogP contribution in [0.5, 0.6) is 0 Å². The van der Waals surface area contributed by atoms with E-state index in [1.54, 1.807) is 12.1 Å². The lowest BCUT2D eigenvalue weighted by Gasteiger charge is -2.17. The van der Waals surface area contributed by atoms with Gasteiger partial charge in [-0.25, -0.2) is 4.79 Å². The Kier molecular flexibility index (Phi) is 4.76. The van der Waals surface area contributed by atoms with Crippen molar-refractivity contribution in [3.05, 3.63) is 29.3 Å². The number of aryl methyl sites for hydroxylation is 1. The van der Waals surface area contributed by atoms with Crippen molar-refractivity contribution in [2.45, 2.75) is 40.5 Å². The molecule has 0 fully saturated rings. The number of rotatable bonds is 4. The van der Waals surface area contributed by atoms with Gasteiger partial charge in [0.05, 0.1) is 12.2 Å². The highest BCUT2D eigenvalue weighted by Crippen LogP contribution is 2.20. The second kappa shape index (κ2) is 5.89. The number of anilines is 1. The fourth-order valence-corrected chi connectivity index (χ4v) is 1.70. The lowest BCUT2D eigenvalue weighted by atomic mass is 9.91. The SMILES string of the molecule is Cc1ccc(N)cc1C(=O)OCCCC(C)(C)C. The minimum atomic E-state index is -0.284. The van der Waals surface area contributed by atoms with Crippen LogP contribution in [0.3, 0.4) is 0 Å². The summed E-state index contributed by atoms with van der Waals surface area (Å²) in [5.41, 5.74) is 7.99. The van der Waals surface area contributed by atoms with Crippen LogP contribution in [0.1, 0.15) is 49.5 Å². The maximum atomic E-state index is 11.9. The Labute approximate surface area is 109 Å². The molecular weight excluding hydrogens is 226 g/mol. The molecule has 0 aliphatic rings. The Morgan fingerprint density at radius 3 is 2.61 bits per heavy atom. The van der Waals surface area contributed by atoms with Gasteiger partial charge in [-0.1, -0.05) is 26.8 Å². The monoisotopic (exact) mass is 249 g/mol. The van der Waals surface area contributed by atoms with Gasteiger partial charge in [-0.3, -0.25) is 0 Å². The Balaban J connectivity index is 2.48. The van der Waals surface area contributed by atoms with Gasteiger partial charge >= 0.3 is 5.97 Å². The number of nitrogen functional groups attached to an aromatic ring is 1. The van der Waals surface area contributed by atoms with Crippen molar-refractivity contribution < 1.29 is 9.53 Å². The number of carbonyl (C=O) groups excluding carboxylic acids is 1. The molecule has 100 valence electrons. The van der Waals surface area contributed by atoms with Crippen LogP contribution < -0.4 is 5.73 Å². The van der Waals surface area contributed by atoms with E-state index < -0.39 is 0 Å². The van der Waals surface area contributed by atoms with E-state index >= 15 is 0 Å². The van der Waals surface area contributed by atoms with Crippen LogP contribution in [-0.2, 0) is 4.74 Å². The molecule has 0 aliphatic carbocycles. The molecule has 1 aromatic carbocycles. The van der Waals surface area contributed by atoms with Gasteiger partial charge in [0.25, 0.3) is 0 Å². The number of ether oxygens (including phenoxy) is 1. The summed E-state index contributed by atoms with van der Waals surface area (Å²) in [7, 11) is 0. The largest absolute Gasteiger partial charge is 0.462 e. The van der Waals surface area contributed by atoms with E-state index in [1.807, 2.05) is 13.0 Å². The second-order valence-corrected chi connectivity index (χ2v) is 5.87. The first-order valence-electron chi connectivity index (χ1n) is 6.33. The molecule has 0 heterocycles. The summed E-state index contributed by atoms with van der Waals surface area (Å²) in [6.45, 7) is 8.88. The molecule has 0 saturated carbocycles. The first-order chi connectivity index (χ1) is 8.29. The van der Waals surface area contributed by atoms with Crippen LogP contribution in [0.2, 0.25) is 0 Å². The van der Waals surface area contributed by atoms with Gasteiger partial charge < -0.3 is 10.5 Å². The third-order valence-corrected chi connectivity index (χ3v) is 2.79. The van der Waals surface area contributed by atoms with Crippen LogP contribution in [0.15, 0.2) is 18.2 Å². The predicted octanol–water partition coefficient (Wildman–Crippen LogP) is 3.56. The summed E-state index contributed by atoms with van der Waals surface area (Å²) in [6, 6.07) is 5.29. The van der Waals surface area contributed by atoms with Crippen molar-refractivity contribution in [2.24, 2.45) is 5.41 Å². The molecule has 0 aliphatic heterocycles. The van der Waals surface area contributed by atoms with Crippen molar-refractivity contribution in [3.8, 4) is 0 Å². The molecule has 0 radical (unpaired) electrons. The summed E-state index contributed by atoms with van der Waals surface area (Å²) in [5.74, 6) is -0.284. The van der Waals surface area contributed by atoms with Crippen molar-refractivity contribution in [1.82, 2.24) is 0 Å². The number of nitrogens with two attached hydrogens (primary N) is 1. The first kappa shape index (κ1) is 14.6. The summed E-state index contributed by atoms with van der Waals surface area (Å²) in [6.07, 6.45) is 1.92. The van der Waals surface area contributed by atoms with Gasteiger partial charge in [0.15, 0.2) is 0 Å². The molecule has 3 heteroatoms. The molecule has 0 amide bonds. The van der Waals surface area contributed by atoms with Gasteiger partial charge in [0.1, 0.15) is 0 Å². The lowest BCUT2D eigenvalue weighted by molar-refractivity contribution is 0.0487. The topological polar surface area (TPSA) is 52.3 Å². The van der Waals surface area contributed by atoms with Crippen molar-refractivity contribution >= 4 is 11.7 Å². The highest BCUT2D eigenvalue weighted by atomic mass is 16.5. The Morgan fingerprint density at radius 1 is 1.33 bits per heavy atom. The predicted molar refractivity (Wildman–Crippen MR) is 74.6 cm³/mol. The van der Waals surface area contributed by atoms with Gasteiger partial charge in [0.2, 0.25) is 0 Å². The molecule has 2 N–H and O–H groups in total. The van der Waals surface area contributed by atoms with Crippen molar-refractivity contribution in [1.29, 1.82) is 0 Å². The number of hydrogen-bond donors (Lipinski definition) is 1. The fourth-order valence-electron chi connectivity index (χ4n) is 1.70. The van der Waals surface area contributed by atoms with Gasteiger partial charge in [-0.15, -0.1) is 0 Å². The fraction of sp³-hybridized carbons (Fsp3) is 0.533. The molecule has 0 spiro atoms. The van der Waals surface area contributed by atoms with Crippen molar-refractivity contribution in [2.75, 3.05) is 12.3 Å². The zero-order valence-electron chi connectivity index (χ0n) is 11.7. The lowest BCUT2D eigenvalue weighted by Crippen LogP contribution is -2.11. The molecule has 0 unspecified atom stereocenters.